The van der Waals surface area contributed by atoms with Crippen LogP contribution in [0.15, 0.2) is 18.2 Å². The molecule has 1 aromatic carbocycles. The molecule has 1 rings (SSSR count). The molecule has 0 aliphatic carbocycles. The molecule has 0 fully saturated rings. The number of hydrogen-bond donors (Lipinski definition) is 1. The fraction of sp³-hybridized carbons (Fsp3) is 0.455. The minimum Gasteiger partial charge on any atom is -0.326 e. The summed E-state index contributed by atoms with van der Waals surface area (Å²) in [5.74, 6) is 0. The van der Waals surface area contributed by atoms with Gasteiger partial charge in [-0.15, -0.1) is 0 Å². The molecule has 1 atom stereocenters. The molecule has 0 amide bonds. The number of hydrogen-bond acceptors (Lipinski definition) is 2. The lowest BCUT2D eigenvalue weighted by Crippen LogP contribution is -2.34. The third kappa shape index (κ3) is 4.39. The summed E-state index contributed by atoms with van der Waals surface area (Å²) < 4.78 is 0. The molecule has 0 saturated carbocycles. The zero-order valence-electron chi connectivity index (χ0n) is 9.00. The molecule has 0 spiro atoms. The highest BCUT2D eigenvalue weighted by molar-refractivity contribution is 6.42. The second kappa shape index (κ2) is 5.71. The Morgan fingerprint density at radius 3 is 2.47 bits per heavy atom. The van der Waals surface area contributed by atoms with Crippen molar-refractivity contribution in [1.29, 1.82) is 0 Å². The van der Waals surface area contributed by atoms with Crippen LogP contribution in [0.3, 0.4) is 0 Å². The fourth-order valence-corrected chi connectivity index (χ4v) is 1.82. The van der Waals surface area contributed by atoms with Gasteiger partial charge >= 0.3 is 0 Å². The van der Waals surface area contributed by atoms with E-state index in [2.05, 4.69) is 4.90 Å². The van der Waals surface area contributed by atoms with Crippen LogP contribution >= 0.6 is 23.2 Å². The van der Waals surface area contributed by atoms with Crippen molar-refractivity contribution >= 4 is 23.2 Å². The number of rotatable bonds is 4. The maximum absolute atomic E-state index is 5.98. The predicted molar refractivity (Wildman–Crippen MR) is 66.7 cm³/mol. The van der Waals surface area contributed by atoms with Crippen LogP contribution in [0.5, 0.6) is 0 Å². The smallest absolute Gasteiger partial charge is 0.0595 e. The van der Waals surface area contributed by atoms with E-state index in [1.54, 1.807) is 0 Å². The van der Waals surface area contributed by atoms with E-state index < -0.39 is 0 Å². The second-order valence-corrected chi connectivity index (χ2v) is 4.79. The summed E-state index contributed by atoms with van der Waals surface area (Å²) >= 11 is 11.7. The maximum atomic E-state index is 5.98. The van der Waals surface area contributed by atoms with Crippen LogP contribution in [0.2, 0.25) is 10.0 Å². The molecule has 2 nitrogen and oxygen atoms in total. The first kappa shape index (κ1) is 12.8. The second-order valence-electron chi connectivity index (χ2n) is 3.97. The summed E-state index contributed by atoms with van der Waals surface area (Å²) in [4.78, 5) is 2.07. The van der Waals surface area contributed by atoms with Crippen LogP contribution in [0.1, 0.15) is 5.56 Å². The molecular weight excluding hydrogens is 231 g/mol. The standard InChI is InChI=1S/C11H16Cl2N2/c1-15(2)7-9(14)5-8-3-4-10(12)11(13)6-8/h3-4,6,9H,5,7,14H2,1-2H3. The fourth-order valence-electron chi connectivity index (χ4n) is 1.50. The predicted octanol–water partition coefficient (Wildman–Crippen LogP) is 2.42. The Labute approximate surface area is 101 Å². The normalized spacial score (nSPS) is 13.2. The first-order valence-electron chi connectivity index (χ1n) is 4.83. The number of nitrogens with zero attached hydrogens (tertiary/aromatic N) is 1. The highest BCUT2D eigenvalue weighted by Crippen LogP contribution is 2.22. The summed E-state index contributed by atoms with van der Waals surface area (Å²) in [6, 6.07) is 5.77. The number of halogens is 2. The van der Waals surface area contributed by atoms with Gasteiger partial charge in [-0.3, -0.25) is 0 Å². The van der Waals surface area contributed by atoms with Crippen molar-refractivity contribution in [2.75, 3.05) is 20.6 Å². The summed E-state index contributed by atoms with van der Waals surface area (Å²) in [5.41, 5.74) is 7.10. The van der Waals surface area contributed by atoms with Gasteiger partial charge in [0.25, 0.3) is 0 Å². The minimum absolute atomic E-state index is 0.122. The largest absolute Gasteiger partial charge is 0.326 e. The Morgan fingerprint density at radius 1 is 1.27 bits per heavy atom. The molecule has 84 valence electrons. The Morgan fingerprint density at radius 2 is 1.93 bits per heavy atom. The molecule has 0 heterocycles. The van der Waals surface area contributed by atoms with E-state index in [1.807, 2.05) is 32.3 Å². The number of nitrogens with two attached hydrogens (primary N) is 1. The van der Waals surface area contributed by atoms with Gasteiger partial charge in [0.1, 0.15) is 0 Å². The lowest BCUT2D eigenvalue weighted by Gasteiger charge is -2.16. The molecule has 4 heteroatoms. The quantitative estimate of drug-likeness (QED) is 0.885. The Bertz CT molecular complexity index is 326. The topological polar surface area (TPSA) is 29.3 Å². The average molecular weight is 247 g/mol. The first-order chi connectivity index (χ1) is 6.99. The van der Waals surface area contributed by atoms with Crippen LogP contribution < -0.4 is 5.73 Å². The molecular formula is C11H16Cl2N2. The van der Waals surface area contributed by atoms with Crippen LogP contribution in [-0.2, 0) is 6.42 Å². The van der Waals surface area contributed by atoms with Gasteiger partial charge in [-0.05, 0) is 38.2 Å². The summed E-state index contributed by atoms with van der Waals surface area (Å²) in [6.07, 6.45) is 0.815. The van der Waals surface area contributed by atoms with Gasteiger partial charge in [0.2, 0.25) is 0 Å². The number of benzene rings is 1. The highest BCUT2D eigenvalue weighted by atomic mass is 35.5. The van der Waals surface area contributed by atoms with Gasteiger partial charge in [-0.2, -0.15) is 0 Å². The van der Waals surface area contributed by atoms with Crippen LogP contribution in [0.4, 0.5) is 0 Å². The van der Waals surface area contributed by atoms with E-state index in [0.29, 0.717) is 10.0 Å². The molecule has 1 unspecified atom stereocenters. The van der Waals surface area contributed by atoms with Gasteiger partial charge in [0, 0.05) is 12.6 Å². The van der Waals surface area contributed by atoms with Crippen molar-refractivity contribution in [3.8, 4) is 0 Å². The molecule has 1 aromatic rings. The molecule has 0 bridgehead atoms. The maximum Gasteiger partial charge on any atom is 0.0595 e. The van der Waals surface area contributed by atoms with E-state index in [9.17, 15) is 0 Å². The van der Waals surface area contributed by atoms with Gasteiger partial charge in [0.15, 0.2) is 0 Å². The van der Waals surface area contributed by atoms with E-state index in [4.69, 9.17) is 28.9 Å². The summed E-state index contributed by atoms with van der Waals surface area (Å²) in [5, 5.41) is 1.17. The summed E-state index contributed by atoms with van der Waals surface area (Å²) in [6.45, 7) is 0.861. The lowest BCUT2D eigenvalue weighted by molar-refractivity contribution is 0.371. The van der Waals surface area contributed by atoms with E-state index in [0.717, 1.165) is 18.5 Å². The highest BCUT2D eigenvalue weighted by Gasteiger charge is 2.06. The lowest BCUT2D eigenvalue weighted by atomic mass is 10.1. The minimum atomic E-state index is 0.122. The molecule has 0 aliphatic rings. The monoisotopic (exact) mass is 246 g/mol. The van der Waals surface area contributed by atoms with E-state index in [-0.39, 0.29) is 6.04 Å². The molecule has 15 heavy (non-hydrogen) atoms. The van der Waals surface area contributed by atoms with Crippen LogP contribution in [0, 0.1) is 0 Å². The van der Waals surface area contributed by atoms with Gasteiger partial charge in [-0.25, -0.2) is 0 Å². The van der Waals surface area contributed by atoms with Gasteiger partial charge in [-0.1, -0.05) is 29.3 Å². The van der Waals surface area contributed by atoms with Gasteiger partial charge in [0.05, 0.1) is 10.0 Å². The van der Waals surface area contributed by atoms with Crippen molar-refractivity contribution in [3.05, 3.63) is 33.8 Å². The average Bonchev–Trinajstić information content (AvgIpc) is 2.10. The Hall–Kier alpha value is -0.280. The first-order valence-corrected chi connectivity index (χ1v) is 5.59. The third-order valence-corrected chi connectivity index (χ3v) is 2.82. The molecule has 0 aliphatic heterocycles. The van der Waals surface area contributed by atoms with E-state index >= 15 is 0 Å². The van der Waals surface area contributed by atoms with Crippen LogP contribution in [0.25, 0.3) is 0 Å². The van der Waals surface area contributed by atoms with Crippen molar-refractivity contribution in [2.45, 2.75) is 12.5 Å². The van der Waals surface area contributed by atoms with Crippen LogP contribution in [-0.4, -0.2) is 31.6 Å². The molecule has 2 N–H and O–H groups in total. The van der Waals surface area contributed by atoms with Crippen molar-refractivity contribution in [3.63, 3.8) is 0 Å². The molecule has 0 saturated heterocycles. The van der Waals surface area contributed by atoms with Gasteiger partial charge < -0.3 is 10.6 Å². The zero-order chi connectivity index (χ0) is 11.4. The Kier molecular flexibility index (Phi) is 4.87. The van der Waals surface area contributed by atoms with E-state index in [1.165, 1.54) is 0 Å². The zero-order valence-corrected chi connectivity index (χ0v) is 10.5. The van der Waals surface area contributed by atoms with Crippen molar-refractivity contribution < 1.29 is 0 Å². The third-order valence-electron chi connectivity index (χ3n) is 2.08. The number of likely N-dealkylation sites (N-methyl/N-ethyl adjacent to an activating group) is 1. The SMILES string of the molecule is CN(C)CC(N)Cc1ccc(Cl)c(Cl)c1. The molecule has 0 radical (unpaired) electrons. The summed E-state index contributed by atoms with van der Waals surface area (Å²) in [7, 11) is 4.02. The van der Waals surface area contributed by atoms with Crippen molar-refractivity contribution in [1.82, 2.24) is 4.90 Å². The molecule has 0 aromatic heterocycles. The Balaban J connectivity index is 2.60. The van der Waals surface area contributed by atoms with Crippen molar-refractivity contribution in [2.24, 2.45) is 5.73 Å².